The van der Waals surface area contributed by atoms with Gasteiger partial charge in [-0.25, -0.2) is 0 Å². The number of aromatic nitrogens is 1. The molecule has 8 heteroatoms. The highest BCUT2D eigenvalue weighted by atomic mass is 35.5. The SMILES string of the molecule is CCC(C)C(NC(=O)c1cc2cc(Cl)ccc2n1C)C(=O)NCCC(=O)O. The summed E-state index contributed by atoms with van der Waals surface area (Å²) in [6, 6.07) is 6.34. The Kier molecular flexibility index (Phi) is 6.85. The zero-order chi connectivity index (χ0) is 20.1. The number of hydrogen-bond donors (Lipinski definition) is 3. The van der Waals surface area contributed by atoms with Crippen LogP contribution < -0.4 is 10.6 Å². The Morgan fingerprint density at radius 3 is 2.59 bits per heavy atom. The molecule has 0 saturated carbocycles. The van der Waals surface area contributed by atoms with Crippen LogP contribution in [0.4, 0.5) is 0 Å². The second-order valence-electron chi connectivity index (χ2n) is 6.56. The van der Waals surface area contributed by atoms with Gasteiger partial charge >= 0.3 is 5.97 Å². The summed E-state index contributed by atoms with van der Waals surface area (Å²) in [6.07, 6.45) is 0.513. The minimum atomic E-state index is -0.992. The van der Waals surface area contributed by atoms with Gasteiger partial charge in [0.05, 0.1) is 6.42 Å². The van der Waals surface area contributed by atoms with Gasteiger partial charge in [-0.15, -0.1) is 0 Å². The number of carboxylic acids is 1. The van der Waals surface area contributed by atoms with E-state index in [0.717, 1.165) is 10.9 Å². The molecule has 2 rings (SSSR count). The maximum atomic E-state index is 12.8. The van der Waals surface area contributed by atoms with Crippen molar-refractivity contribution in [3.05, 3.63) is 35.0 Å². The van der Waals surface area contributed by atoms with Crippen LogP contribution in [0.1, 0.15) is 37.2 Å². The third kappa shape index (κ3) is 5.01. The molecule has 146 valence electrons. The monoisotopic (exact) mass is 393 g/mol. The van der Waals surface area contributed by atoms with Crippen molar-refractivity contribution in [3.8, 4) is 0 Å². The van der Waals surface area contributed by atoms with E-state index in [4.69, 9.17) is 16.7 Å². The number of aliphatic carboxylic acids is 1. The number of carboxylic acid groups (broad SMARTS) is 1. The van der Waals surface area contributed by atoms with Gasteiger partial charge in [-0.2, -0.15) is 0 Å². The summed E-state index contributed by atoms with van der Waals surface area (Å²) in [6.45, 7) is 3.81. The van der Waals surface area contributed by atoms with E-state index >= 15 is 0 Å². The van der Waals surface area contributed by atoms with E-state index in [1.54, 1.807) is 29.8 Å². The van der Waals surface area contributed by atoms with Crippen molar-refractivity contribution in [2.75, 3.05) is 6.54 Å². The van der Waals surface area contributed by atoms with Gasteiger partial charge in [0.1, 0.15) is 11.7 Å². The minimum absolute atomic E-state index is 0.0174. The molecule has 2 unspecified atom stereocenters. The number of aryl methyl sites for hydroxylation is 1. The van der Waals surface area contributed by atoms with Crippen LogP contribution in [-0.4, -0.2) is 40.0 Å². The van der Waals surface area contributed by atoms with Gasteiger partial charge in [0, 0.05) is 29.5 Å². The van der Waals surface area contributed by atoms with Crippen molar-refractivity contribution in [2.24, 2.45) is 13.0 Å². The standard InChI is InChI=1S/C19H24ClN3O4/c1-4-11(2)17(19(27)21-8-7-16(24)25)22-18(26)15-10-12-9-13(20)5-6-14(12)23(15)3/h5-6,9-11,17H,4,7-8H2,1-3H3,(H,21,27)(H,22,26)(H,24,25). The van der Waals surface area contributed by atoms with Crippen LogP contribution in [0.15, 0.2) is 24.3 Å². The summed E-state index contributed by atoms with van der Waals surface area (Å²) >= 11 is 6.01. The maximum absolute atomic E-state index is 12.8. The summed E-state index contributed by atoms with van der Waals surface area (Å²) in [5.74, 6) is -1.86. The Balaban J connectivity index is 2.19. The first kappa shape index (κ1) is 20.8. The second-order valence-corrected chi connectivity index (χ2v) is 7.00. The lowest BCUT2D eigenvalue weighted by molar-refractivity contribution is -0.137. The van der Waals surface area contributed by atoms with Crippen LogP contribution in [0.2, 0.25) is 5.02 Å². The smallest absolute Gasteiger partial charge is 0.305 e. The number of carbonyl (C=O) groups excluding carboxylic acids is 2. The van der Waals surface area contributed by atoms with Crippen LogP contribution >= 0.6 is 11.6 Å². The average Bonchev–Trinajstić information content (AvgIpc) is 2.94. The fourth-order valence-corrected chi connectivity index (χ4v) is 3.04. The number of nitrogens with zero attached hydrogens (tertiary/aromatic N) is 1. The summed E-state index contributed by atoms with van der Waals surface area (Å²) in [5.41, 5.74) is 1.27. The van der Waals surface area contributed by atoms with E-state index < -0.39 is 12.0 Å². The van der Waals surface area contributed by atoms with E-state index in [2.05, 4.69) is 10.6 Å². The number of amides is 2. The van der Waals surface area contributed by atoms with Gasteiger partial charge in [0.15, 0.2) is 0 Å². The normalized spacial score (nSPS) is 13.2. The van der Waals surface area contributed by atoms with E-state index in [0.29, 0.717) is 17.1 Å². The molecule has 0 spiro atoms. The van der Waals surface area contributed by atoms with Gasteiger partial charge < -0.3 is 20.3 Å². The number of fused-ring (bicyclic) bond motifs is 1. The molecule has 2 aromatic rings. The second kappa shape index (κ2) is 8.90. The van der Waals surface area contributed by atoms with Crippen molar-refractivity contribution in [1.29, 1.82) is 0 Å². The highest BCUT2D eigenvalue weighted by molar-refractivity contribution is 6.31. The van der Waals surface area contributed by atoms with E-state index in [-0.39, 0.29) is 30.7 Å². The highest BCUT2D eigenvalue weighted by Crippen LogP contribution is 2.23. The molecule has 0 saturated heterocycles. The summed E-state index contributed by atoms with van der Waals surface area (Å²) in [4.78, 5) is 35.9. The van der Waals surface area contributed by atoms with E-state index in [1.165, 1.54) is 0 Å². The van der Waals surface area contributed by atoms with Crippen molar-refractivity contribution in [3.63, 3.8) is 0 Å². The summed E-state index contributed by atoms with van der Waals surface area (Å²) in [7, 11) is 1.77. The Morgan fingerprint density at radius 2 is 1.96 bits per heavy atom. The first-order valence-corrected chi connectivity index (χ1v) is 9.17. The first-order valence-electron chi connectivity index (χ1n) is 8.80. The highest BCUT2D eigenvalue weighted by Gasteiger charge is 2.27. The third-order valence-corrected chi connectivity index (χ3v) is 4.89. The summed E-state index contributed by atoms with van der Waals surface area (Å²) < 4.78 is 1.75. The number of nitrogens with one attached hydrogen (secondary N) is 2. The number of hydrogen-bond acceptors (Lipinski definition) is 3. The fourth-order valence-electron chi connectivity index (χ4n) is 2.86. The number of benzene rings is 1. The van der Waals surface area contributed by atoms with Crippen LogP contribution in [0.3, 0.4) is 0 Å². The molecular formula is C19H24ClN3O4. The van der Waals surface area contributed by atoms with Crippen LogP contribution in [0, 0.1) is 5.92 Å². The van der Waals surface area contributed by atoms with Crippen molar-refractivity contribution < 1.29 is 19.5 Å². The molecule has 2 amide bonds. The molecule has 7 nitrogen and oxygen atoms in total. The number of carbonyl (C=O) groups is 3. The Labute approximate surface area is 162 Å². The molecule has 0 aliphatic heterocycles. The average molecular weight is 394 g/mol. The lowest BCUT2D eigenvalue weighted by atomic mass is 9.98. The fraction of sp³-hybridized carbons (Fsp3) is 0.421. The van der Waals surface area contributed by atoms with E-state index in [9.17, 15) is 14.4 Å². The van der Waals surface area contributed by atoms with Gasteiger partial charge in [-0.05, 0) is 30.2 Å². The van der Waals surface area contributed by atoms with Gasteiger partial charge in [0.25, 0.3) is 5.91 Å². The zero-order valence-corrected chi connectivity index (χ0v) is 16.3. The molecule has 0 aliphatic carbocycles. The topological polar surface area (TPSA) is 100 Å². The van der Waals surface area contributed by atoms with Gasteiger partial charge in [-0.1, -0.05) is 31.9 Å². The zero-order valence-electron chi connectivity index (χ0n) is 15.6. The largest absolute Gasteiger partial charge is 0.481 e. The summed E-state index contributed by atoms with van der Waals surface area (Å²) in [5, 5.41) is 15.5. The first-order chi connectivity index (χ1) is 12.7. The van der Waals surface area contributed by atoms with Gasteiger partial charge in [-0.3, -0.25) is 14.4 Å². The Hall–Kier alpha value is -2.54. The predicted molar refractivity (Wildman–Crippen MR) is 104 cm³/mol. The molecule has 0 radical (unpaired) electrons. The lowest BCUT2D eigenvalue weighted by Crippen LogP contribution is -2.50. The molecule has 3 N–H and O–H groups in total. The molecule has 1 heterocycles. The van der Waals surface area contributed by atoms with E-state index in [1.807, 2.05) is 19.9 Å². The van der Waals surface area contributed by atoms with Crippen LogP contribution in [-0.2, 0) is 16.6 Å². The molecule has 1 aromatic heterocycles. The molecule has 0 fully saturated rings. The lowest BCUT2D eigenvalue weighted by Gasteiger charge is -2.23. The molecule has 0 aliphatic rings. The molecule has 0 bridgehead atoms. The minimum Gasteiger partial charge on any atom is -0.481 e. The maximum Gasteiger partial charge on any atom is 0.305 e. The molecule has 2 atom stereocenters. The van der Waals surface area contributed by atoms with Crippen LogP contribution in [0.5, 0.6) is 0 Å². The number of rotatable bonds is 8. The molecular weight excluding hydrogens is 370 g/mol. The Bertz CT molecular complexity index is 862. The van der Waals surface area contributed by atoms with Crippen molar-refractivity contribution in [1.82, 2.24) is 15.2 Å². The third-order valence-electron chi connectivity index (χ3n) is 4.66. The molecule has 1 aromatic carbocycles. The van der Waals surface area contributed by atoms with Crippen molar-refractivity contribution >= 4 is 40.3 Å². The van der Waals surface area contributed by atoms with Crippen molar-refractivity contribution in [2.45, 2.75) is 32.7 Å². The quantitative estimate of drug-likeness (QED) is 0.641. The predicted octanol–water partition coefficient (Wildman–Crippen LogP) is 2.57. The van der Waals surface area contributed by atoms with Gasteiger partial charge in [0.2, 0.25) is 5.91 Å². The van der Waals surface area contributed by atoms with Crippen LogP contribution in [0.25, 0.3) is 10.9 Å². The Morgan fingerprint density at radius 1 is 1.26 bits per heavy atom. The number of halogens is 1. The molecule has 27 heavy (non-hydrogen) atoms.